The number of aromatic nitrogens is 3. The molecule has 3 heterocycles. The first-order valence-electron chi connectivity index (χ1n) is 10.7. The predicted octanol–water partition coefficient (Wildman–Crippen LogP) is 5.74. The van der Waals surface area contributed by atoms with Crippen molar-refractivity contribution in [3.05, 3.63) is 121 Å². The Kier molecular flexibility index (Phi) is 5.76. The van der Waals surface area contributed by atoms with E-state index in [1.165, 1.54) is 0 Å². The van der Waals surface area contributed by atoms with Crippen LogP contribution in [0.5, 0.6) is 0 Å². The second-order valence-corrected chi connectivity index (χ2v) is 7.69. The van der Waals surface area contributed by atoms with Crippen molar-refractivity contribution in [3.63, 3.8) is 0 Å². The van der Waals surface area contributed by atoms with E-state index < -0.39 is 0 Å². The number of carbonyl (C=O) groups is 1. The second-order valence-electron chi connectivity index (χ2n) is 7.69. The molecule has 160 valence electrons. The van der Waals surface area contributed by atoms with Crippen molar-refractivity contribution < 1.29 is 4.79 Å². The Hall–Kier alpha value is -4.51. The largest absolute Gasteiger partial charge is 0.354 e. The van der Waals surface area contributed by atoms with Crippen LogP contribution in [0.3, 0.4) is 0 Å². The first-order valence-corrected chi connectivity index (χ1v) is 10.7. The van der Waals surface area contributed by atoms with E-state index in [0.29, 0.717) is 12.1 Å². The highest BCUT2D eigenvalue weighted by atomic mass is 16.1. The Morgan fingerprint density at radius 3 is 2.09 bits per heavy atom. The summed E-state index contributed by atoms with van der Waals surface area (Å²) in [7, 11) is 0. The van der Waals surface area contributed by atoms with E-state index in [1.807, 2.05) is 66.7 Å². The maximum absolute atomic E-state index is 12.6. The van der Waals surface area contributed by atoms with Gasteiger partial charge in [-0.05, 0) is 64.7 Å². The SMILES string of the molecule is O=C(NCc1ccncc1)c1ccc(-c2cc(-c3ccncc3)c(-c3ccccc3)[nH]2)cc1. The van der Waals surface area contributed by atoms with E-state index in [4.69, 9.17) is 0 Å². The third-order valence-corrected chi connectivity index (χ3v) is 5.53. The number of hydrogen-bond acceptors (Lipinski definition) is 3. The number of aromatic amines is 1. The van der Waals surface area contributed by atoms with Gasteiger partial charge < -0.3 is 10.3 Å². The molecule has 0 atom stereocenters. The van der Waals surface area contributed by atoms with Gasteiger partial charge in [0.05, 0.1) is 5.69 Å². The van der Waals surface area contributed by atoms with Crippen LogP contribution in [-0.4, -0.2) is 20.9 Å². The highest BCUT2D eigenvalue weighted by molar-refractivity contribution is 5.95. The summed E-state index contributed by atoms with van der Waals surface area (Å²) >= 11 is 0. The Morgan fingerprint density at radius 1 is 0.727 bits per heavy atom. The number of benzene rings is 2. The maximum Gasteiger partial charge on any atom is 0.251 e. The molecule has 0 saturated carbocycles. The zero-order valence-corrected chi connectivity index (χ0v) is 17.9. The Labute approximate surface area is 192 Å². The molecule has 0 aliphatic carbocycles. The third kappa shape index (κ3) is 4.57. The van der Waals surface area contributed by atoms with Crippen molar-refractivity contribution >= 4 is 5.91 Å². The monoisotopic (exact) mass is 430 g/mol. The number of nitrogens with zero attached hydrogens (tertiary/aromatic N) is 2. The van der Waals surface area contributed by atoms with Crippen molar-refractivity contribution in [2.75, 3.05) is 0 Å². The van der Waals surface area contributed by atoms with Crippen LogP contribution in [0.25, 0.3) is 33.6 Å². The fraction of sp³-hybridized carbons (Fsp3) is 0.0357. The zero-order valence-electron chi connectivity index (χ0n) is 17.9. The van der Waals surface area contributed by atoms with Gasteiger partial charge in [0.2, 0.25) is 0 Å². The number of rotatable bonds is 6. The van der Waals surface area contributed by atoms with E-state index in [-0.39, 0.29) is 5.91 Å². The first kappa shape index (κ1) is 20.4. The number of H-pyrrole nitrogens is 1. The highest BCUT2D eigenvalue weighted by Gasteiger charge is 2.14. The average Bonchev–Trinajstić information content (AvgIpc) is 3.35. The van der Waals surface area contributed by atoms with Crippen molar-refractivity contribution in [1.29, 1.82) is 0 Å². The lowest BCUT2D eigenvalue weighted by molar-refractivity contribution is 0.0951. The number of pyridine rings is 2. The molecule has 3 aromatic heterocycles. The Morgan fingerprint density at radius 2 is 1.39 bits per heavy atom. The van der Waals surface area contributed by atoms with Gasteiger partial charge in [-0.15, -0.1) is 0 Å². The minimum atomic E-state index is -0.104. The standard InChI is InChI=1S/C28H22N4O/c33-28(31-19-20-10-14-29-15-11-20)24-8-6-22(7-9-24)26-18-25(21-12-16-30-17-13-21)27(32-26)23-4-2-1-3-5-23/h1-18,32H,19H2,(H,31,33). The molecule has 5 nitrogen and oxygen atoms in total. The smallest absolute Gasteiger partial charge is 0.251 e. The van der Waals surface area contributed by atoms with Crippen LogP contribution >= 0.6 is 0 Å². The van der Waals surface area contributed by atoms with Crippen molar-refractivity contribution in [2.45, 2.75) is 6.54 Å². The third-order valence-electron chi connectivity index (χ3n) is 5.53. The average molecular weight is 431 g/mol. The van der Waals surface area contributed by atoms with Crippen LogP contribution in [0.2, 0.25) is 0 Å². The minimum Gasteiger partial charge on any atom is -0.354 e. The molecule has 2 N–H and O–H groups in total. The topological polar surface area (TPSA) is 70.7 Å². The van der Waals surface area contributed by atoms with Crippen LogP contribution < -0.4 is 5.32 Å². The van der Waals surface area contributed by atoms with Crippen LogP contribution in [0.4, 0.5) is 0 Å². The minimum absolute atomic E-state index is 0.104. The highest BCUT2D eigenvalue weighted by Crippen LogP contribution is 2.35. The maximum atomic E-state index is 12.6. The molecular weight excluding hydrogens is 408 g/mol. The van der Waals surface area contributed by atoms with Gasteiger partial charge in [-0.1, -0.05) is 42.5 Å². The van der Waals surface area contributed by atoms with Gasteiger partial charge in [-0.25, -0.2) is 0 Å². The molecule has 0 aliphatic heterocycles. The second kappa shape index (κ2) is 9.32. The van der Waals surface area contributed by atoms with Crippen LogP contribution in [0, 0.1) is 0 Å². The van der Waals surface area contributed by atoms with E-state index in [1.54, 1.807) is 24.8 Å². The van der Waals surface area contributed by atoms with Crippen LogP contribution in [-0.2, 0) is 6.54 Å². The zero-order chi connectivity index (χ0) is 22.5. The number of amides is 1. The van der Waals surface area contributed by atoms with Crippen LogP contribution in [0.15, 0.2) is 110 Å². The first-order chi connectivity index (χ1) is 16.3. The summed E-state index contributed by atoms with van der Waals surface area (Å²) in [5.74, 6) is -0.104. The molecule has 2 aromatic carbocycles. The molecule has 0 bridgehead atoms. The fourth-order valence-electron chi connectivity index (χ4n) is 3.79. The Bertz CT molecular complexity index is 1290. The summed E-state index contributed by atoms with van der Waals surface area (Å²) in [5.41, 5.74) is 8.01. The number of hydrogen-bond donors (Lipinski definition) is 2. The number of nitrogens with one attached hydrogen (secondary N) is 2. The summed E-state index contributed by atoms with van der Waals surface area (Å²) in [6.07, 6.45) is 7.04. The van der Waals surface area contributed by atoms with Crippen molar-refractivity contribution in [3.8, 4) is 33.6 Å². The molecule has 0 unspecified atom stereocenters. The molecular formula is C28H22N4O. The summed E-state index contributed by atoms with van der Waals surface area (Å²) in [6.45, 7) is 0.468. The van der Waals surface area contributed by atoms with E-state index in [0.717, 1.165) is 39.2 Å². The van der Waals surface area contributed by atoms with Gasteiger partial charge in [-0.3, -0.25) is 14.8 Å². The lowest BCUT2D eigenvalue weighted by Crippen LogP contribution is -2.22. The lowest BCUT2D eigenvalue weighted by Gasteiger charge is -2.06. The van der Waals surface area contributed by atoms with Crippen molar-refractivity contribution in [2.24, 2.45) is 0 Å². The van der Waals surface area contributed by atoms with E-state index in [9.17, 15) is 4.79 Å². The molecule has 5 aromatic rings. The molecule has 0 aliphatic rings. The molecule has 0 fully saturated rings. The molecule has 0 saturated heterocycles. The summed E-state index contributed by atoms with van der Waals surface area (Å²) in [5, 5.41) is 2.95. The molecule has 1 amide bonds. The summed E-state index contributed by atoms with van der Waals surface area (Å²) < 4.78 is 0. The van der Waals surface area contributed by atoms with Gasteiger partial charge in [0.25, 0.3) is 5.91 Å². The fourth-order valence-corrected chi connectivity index (χ4v) is 3.79. The van der Waals surface area contributed by atoms with Crippen LogP contribution in [0.1, 0.15) is 15.9 Å². The van der Waals surface area contributed by atoms with Gasteiger partial charge in [0, 0.05) is 48.2 Å². The molecule has 5 heteroatoms. The normalized spacial score (nSPS) is 10.7. The quantitative estimate of drug-likeness (QED) is 0.361. The van der Waals surface area contributed by atoms with Gasteiger partial charge in [0.1, 0.15) is 0 Å². The van der Waals surface area contributed by atoms with E-state index in [2.05, 4.69) is 38.5 Å². The summed E-state index contributed by atoms with van der Waals surface area (Å²) in [4.78, 5) is 24.3. The van der Waals surface area contributed by atoms with Gasteiger partial charge >= 0.3 is 0 Å². The Balaban J connectivity index is 1.41. The lowest BCUT2D eigenvalue weighted by atomic mass is 10.0. The van der Waals surface area contributed by atoms with Gasteiger partial charge in [0.15, 0.2) is 0 Å². The van der Waals surface area contributed by atoms with Gasteiger partial charge in [-0.2, -0.15) is 0 Å². The molecule has 0 spiro atoms. The predicted molar refractivity (Wildman–Crippen MR) is 130 cm³/mol. The number of carbonyl (C=O) groups excluding carboxylic acids is 1. The molecule has 5 rings (SSSR count). The van der Waals surface area contributed by atoms with Crippen molar-refractivity contribution in [1.82, 2.24) is 20.3 Å². The summed E-state index contributed by atoms with van der Waals surface area (Å²) in [6, 6.07) is 27.9. The van der Waals surface area contributed by atoms with E-state index >= 15 is 0 Å². The molecule has 0 radical (unpaired) electrons. The molecule has 33 heavy (non-hydrogen) atoms.